The normalized spacial score (nSPS) is 20.9. The van der Waals surface area contributed by atoms with Crippen LogP contribution < -0.4 is 11.1 Å². The average molecular weight is 222 g/mol. The van der Waals surface area contributed by atoms with Crippen LogP contribution in [0.25, 0.3) is 0 Å². The zero-order valence-corrected chi connectivity index (χ0v) is 9.51. The second-order valence-corrected chi connectivity index (χ2v) is 4.59. The van der Waals surface area contributed by atoms with Crippen molar-refractivity contribution >= 4 is 5.69 Å². The fraction of sp³-hybridized carbons (Fsp3) is 0.538. The second-order valence-electron chi connectivity index (χ2n) is 4.59. The van der Waals surface area contributed by atoms with E-state index in [2.05, 4.69) is 5.32 Å². The molecule has 1 atom stereocenters. The van der Waals surface area contributed by atoms with Crippen molar-refractivity contribution in [3.05, 3.63) is 29.6 Å². The summed E-state index contributed by atoms with van der Waals surface area (Å²) < 4.78 is 13.0. The lowest BCUT2D eigenvalue weighted by Crippen LogP contribution is -2.29. The van der Waals surface area contributed by atoms with Crippen LogP contribution >= 0.6 is 0 Å². The van der Waals surface area contributed by atoms with Gasteiger partial charge in [0.05, 0.1) is 0 Å². The van der Waals surface area contributed by atoms with Crippen LogP contribution in [0, 0.1) is 11.7 Å². The molecule has 88 valence electrons. The van der Waals surface area contributed by atoms with E-state index in [0.29, 0.717) is 5.69 Å². The van der Waals surface area contributed by atoms with Crippen LogP contribution in [0.2, 0.25) is 0 Å². The van der Waals surface area contributed by atoms with Gasteiger partial charge in [-0.1, -0.05) is 0 Å². The number of nitrogen functional groups attached to an aromatic ring is 1. The minimum absolute atomic E-state index is 0.189. The van der Waals surface area contributed by atoms with E-state index in [4.69, 9.17) is 5.73 Å². The standard InChI is InChI=1S/C13H19FN2/c14-12-5-6-13(15)11(8-12)4-3-10-2-1-7-16-9-10/h5-6,8,10,16H,1-4,7,9,15H2. The van der Waals surface area contributed by atoms with Crippen molar-refractivity contribution in [1.29, 1.82) is 0 Å². The Labute approximate surface area is 96.0 Å². The molecule has 1 aliphatic rings. The molecule has 2 rings (SSSR count). The molecule has 0 saturated carbocycles. The number of nitrogens with two attached hydrogens (primary N) is 1. The molecule has 0 aliphatic carbocycles. The van der Waals surface area contributed by atoms with Crippen molar-refractivity contribution in [2.24, 2.45) is 5.92 Å². The third kappa shape index (κ3) is 2.95. The molecule has 1 heterocycles. The molecular formula is C13H19FN2. The highest BCUT2D eigenvalue weighted by Crippen LogP contribution is 2.20. The minimum Gasteiger partial charge on any atom is -0.399 e. The Morgan fingerprint density at radius 3 is 3.06 bits per heavy atom. The number of piperidine rings is 1. The lowest BCUT2D eigenvalue weighted by Gasteiger charge is -2.22. The van der Waals surface area contributed by atoms with Crippen LogP contribution in [0.4, 0.5) is 10.1 Å². The van der Waals surface area contributed by atoms with Crippen molar-refractivity contribution in [3.8, 4) is 0 Å². The summed E-state index contributed by atoms with van der Waals surface area (Å²) in [6.45, 7) is 2.23. The molecule has 1 unspecified atom stereocenters. The number of benzene rings is 1. The van der Waals surface area contributed by atoms with Crippen LogP contribution in [0.15, 0.2) is 18.2 Å². The third-order valence-corrected chi connectivity index (χ3v) is 3.33. The Kier molecular flexibility index (Phi) is 3.78. The molecule has 1 aliphatic heterocycles. The SMILES string of the molecule is Nc1ccc(F)cc1CCC1CCCNC1. The molecule has 16 heavy (non-hydrogen) atoms. The second kappa shape index (κ2) is 5.30. The van der Waals surface area contributed by atoms with Gasteiger partial charge in [0.1, 0.15) is 5.82 Å². The van der Waals surface area contributed by atoms with Gasteiger partial charge in [-0.25, -0.2) is 4.39 Å². The average Bonchev–Trinajstić information content (AvgIpc) is 2.32. The molecule has 2 nitrogen and oxygen atoms in total. The molecule has 0 radical (unpaired) electrons. The Balaban J connectivity index is 1.90. The van der Waals surface area contributed by atoms with Gasteiger partial charge in [0.25, 0.3) is 0 Å². The maximum Gasteiger partial charge on any atom is 0.123 e. The molecule has 0 aromatic heterocycles. The molecule has 3 heteroatoms. The highest BCUT2D eigenvalue weighted by Gasteiger charge is 2.13. The highest BCUT2D eigenvalue weighted by molar-refractivity contribution is 5.46. The quantitative estimate of drug-likeness (QED) is 0.770. The first kappa shape index (κ1) is 11.4. The molecule has 1 saturated heterocycles. The number of aryl methyl sites for hydroxylation is 1. The number of hydrogen-bond acceptors (Lipinski definition) is 2. The van der Waals surface area contributed by atoms with Crippen LogP contribution in [-0.4, -0.2) is 13.1 Å². The van der Waals surface area contributed by atoms with Crippen LogP contribution in [0.5, 0.6) is 0 Å². The van der Waals surface area contributed by atoms with E-state index in [-0.39, 0.29) is 5.82 Å². The Bertz CT molecular complexity index is 346. The number of nitrogens with one attached hydrogen (secondary N) is 1. The van der Waals surface area contributed by atoms with Gasteiger partial charge in [0, 0.05) is 5.69 Å². The summed E-state index contributed by atoms with van der Waals surface area (Å²) in [5.41, 5.74) is 7.49. The molecule has 1 fully saturated rings. The summed E-state index contributed by atoms with van der Waals surface area (Å²) >= 11 is 0. The molecule has 1 aromatic carbocycles. The van der Waals surface area contributed by atoms with Gasteiger partial charge in [0.15, 0.2) is 0 Å². The van der Waals surface area contributed by atoms with Gasteiger partial charge < -0.3 is 11.1 Å². The van der Waals surface area contributed by atoms with Gasteiger partial charge in [-0.05, 0) is 68.5 Å². The van der Waals surface area contributed by atoms with E-state index in [1.165, 1.54) is 18.9 Å². The van der Waals surface area contributed by atoms with Crippen molar-refractivity contribution < 1.29 is 4.39 Å². The van der Waals surface area contributed by atoms with E-state index in [1.807, 2.05) is 0 Å². The molecular weight excluding hydrogens is 203 g/mol. The number of hydrogen-bond donors (Lipinski definition) is 2. The van der Waals surface area contributed by atoms with E-state index >= 15 is 0 Å². The fourth-order valence-corrected chi connectivity index (χ4v) is 2.32. The maximum atomic E-state index is 13.0. The van der Waals surface area contributed by atoms with E-state index in [0.717, 1.165) is 37.4 Å². The topological polar surface area (TPSA) is 38.0 Å². The summed E-state index contributed by atoms with van der Waals surface area (Å²) in [4.78, 5) is 0. The van der Waals surface area contributed by atoms with E-state index < -0.39 is 0 Å². The van der Waals surface area contributed by atoms with Crippen molar-refractivity contribution in [1.82, 2.24) is 5.32 Å². The molecule has 0 bridgehead atoms. The fourth-order valence-electron chi connectivity index (χ4n) is 2.32. The van der Waals surface area contributed by atoms with E-state index in [1.54, 1.807) is 12.1 Å². The summed E-state index contributed by atoms with van der Waals surface area (Å²) in [6.07, 6.45) is 4.52. The largest absolute Gasteiger partial charge is 0.399 e. The summed E-state index contributed by atoms with van der Waals surface area (Å²) in [5, 5.41) is 3.39. The Morgan fingerprint density at radius 1 is 1.44 bits per heavy atom. The number of rotatable bonds is 3. The Hall–Kier alpha value is -1.09. The first-order chi connectivity index (χ1) is 7.75. The highest BCUT2D eigenvalue weighted by atomic mass is 19.1. The number of halogens is 1. The van der Waals surface area contributed by atoms with Crippen molar-refractivity contribution in [3.63, 3.8) is 0 Å². The first-order valence-electron chi connectivity index (χ1n) is 6.00. The molecule has 0 spiro atoms. The van der Waals surface area contributed by atoms with E-state index in [9.17, 15) is 4.39 Å². The zero-order chi connectivity index (χ0) is 11.4. The van der Waals surface area contributed by atoms with Crippen LogP contribution in [-0.2, 0) is 6.42 Å². The van der Waals surface area contributed by atoms with Crippen molar-refractivity contribution in [2.45, 2.75) is 25.7 Å². The van der Waals surface area contributed by atoms with Crippen LogP contribution in [0.3, 0.4) is 0 Å². The van der Waals surface area contributed by atoms with Gasteiger partial charge in [-0.2, -0.15) is 0 Å². The monoisotopic (exact) mass is 222 g/mol. The lowest BCUT2D eigenvalue weighted by molar-refractivity contribution is 0.358. The zero-order valence-electron chi connectivity index (χ0n) is 9.51. The summed E-state index contributed by atoms with van der Waals surface area (Å²) in [7, 11) is 0. The maximum absolute atomic E-state index is 13.0. The van der Waals surface area contributed by atoms with Gasteiger partial charge in [-0.3, -0.25) is 0 Å². The molecule has 3 N–H and O–H groups in total. The molecule has 0 amide bonds. The minimum atomic E-state index is -0.189. The van der Waals surface area contributed by atoms with Gasteiger partial charge in [-0.15, -0.1) is 0 Å². The predicted molar refractivity (Wildman–Crippen MR) is 64.7 cm³/mol. The van der Waals surface area contributed by atoms with Crippen molar-refractivity contribution in [2.75, 3.05) is 18.8 Å². The van der Waals surface area contributed by atoms with Crippen LogP contribution in [0.1, 0.15) is 24.8 Å². The lowest BCUT2D eigenvalue weighted by atomic mass is 9.92. The van der Waals surface area contributed by atoms with Gasteiger partial charge in [0.2, 0.25) is 0 Å². The first-order valence-corrected chi connectivity index (χ1v) is 6.00. The summed E-state index contributed by atoms with van der Waals surface area (Å²) in [6, 6.07) is 4.64. The predicted octanol–water partition coefficient (Wildman–Crippen LogP) is 2.34. The number of anilines is 1. The van der Waals surface area contributed by atoms with Gasteiger partial charge >= 0.3 is 0 Å². The molecule has 1 aromatic rings. The Morgan fingerprint density at radius 2 is 2.31 bits per heavy atom. The summed E-state index contributed by atoms with van der Waals surface area (Å²) in [5.74, 6) is 0.530. The third-order valence-electron chi connectivity index (χ3n) is 3.33. The smallest absolute Gasteiger partial charge is 0.123 e.